The lowest BCUT2D eigenvalue weighted by Crippen LogP contribution is -2.01. The van der Waals surface area contributed by atoms with E-state index in [1.54, 1.807) is 39.3 Å². The van der Waals surface area contributed by atoms with Gasteiger partial charge in [-0.3, -0.25) is 0 Å². The first kappa shape index (κ1) is 13.4. The Morgan fingerprint density at radius 1 is 1.06 bits per heavy atom. The van der Waals surface area contributed by atoms with Gasteiger partial charge in [0.2, 0.25) is 0 Å². The minimum Gasteiger partial charge on any atom is -0.496 e. The fourth-order valence-corrected chi connectivity index (χ4v) is 1.38. The van der Waals surface area contributed by atoms with E-state index in [-0.39, 0.29) is 5.78 Å². The lowest BCUT2D eigenvalue weighted by atomic mass is 10.2. The highest BCUT2D eigenvalue weighted by atomic mass is 16.5. The van der Waals surface area contributed by atoms with Gasteiger partial charge in [0.1, 0.15) is 23.0 Å². The highest BCUT2D eigenvalue weighted by Crippen LogP contribution is 2.27. The molecule has 94 valence electrons. The second-order valence-corrected chi connectivity index (χ2v) is 3.70. The number of hydrogen-bond donors (Lipinski definition) is 0. The van der Waals surface area contributed by atoms with Crippen LogP contribution in [0.5, 0.6) is 17.2 Å². The van der Waals surface area contributed by atoms with Gasteiger partial charge in [-0.15, -0.1) is 0 Å². The lowest BCUT2D eigenvalue weighted by Gasteiger charge is -2.09. The molecule has 1 rings (SSSR count). The molecule has 0 saturated carbocycles. The molecule has 0 aliphatic carbocycles. The molecule has 0 radical (unpaired) electrons. The largest absolute Gasteiger partial charge is 0.496 e. The van der Waals surface area contributed by atoms with Crippen LogP contribution in [0, 0.1) is 0 Å². The second-order valence-electron chi connectivity index (χ2n) is 3.70. The van der Waals surface area contributed by atoms with E-state index in [0.717, 1.165) is 6.42 Å². The average Bonchev–Trinajstić information content (AvgIpc) is 2.34. The third-order valence-corrected chi connectivity index (χ3v) is 2.27. The van der Waals surface area contributed by atoms with Crippen molar-refractivity contribution in [3.8, 4) is 17.2 Å². The van der Waals surface area contributed by atoms with Crippen molar-refractivity contribution >= 4 is 5.78 Å². The number of hydrogen-bond acceptors (Lipinski definition) is 4. The molecule has 0 saturated heterocycles. The number of Topliss-reactive ketones (excluding diaryl/α,β-unsaturated/α-hetero) is 1. The molecule has 0 spiro atoms. The number of carbonyl (C=O) groups is 1. The summed E-state index contributed by atoms with van der Waals surface area (Å²) in [5.41, 5.74) is 0. The summed E-state index contributed by atoms with van der Waals surface area (Å²) in [4.78, 5) is 10.8. The van der Waals surface area contributed by atoms with E-state index in [4.69, 9.17) is 14.2 Å². The van der Waals surface area contributed by atoms with Gasteiger partial charge in [-0.05, 0) is 13.3 Å². The Labute approximate surface area is 101 Å². The van der Waals surface area contributed by atoms with Crippen LogP contribution < -0.4 is 14.2 Å². The summed E-state index contributed by atoms with van der Waals surface area (Å²) in [6.45, 7) is 2.09. The molecule has 0 unspecified atom stereocenters. The molecular formula is C13H18O4. The first-order valence-corrected chi connectivity index (χ1v) is 5.51. The zero-order chi connectivity index (χ0) is 12.7. The van der Waals surface area contributed by atoms with Crippen LogP contribution in [-0.4, -0.2) is 26.6 Å². The number of methoxy groups -OCH3 is 2. The molecule has 0 aromatic heterocycles. The van der Waals surface area contributed by atoms with Crippen molar-refractivity contribution in [1.82, 2.24) is 0 Å². The molecule has 0 aliphatic heterocycles. The Morgan fingerprint density at radius 2 is 1.59 bits per heavy atom. The summed E-state index contributed by atoms with van der Waals surface area (Å²) in [6.07, 6.45) is 1.26. The maximum Gasteiger partial charge on any atom is 0.129 e. The van der Waals surface area contributed by atoms with Gasteiger partial charge in [0, 0.05) is 24.6 Å². The van der Waals surface area contributed by atoms with E-state index in [0.29, 0.717) is 30.3 Å². The summed E-state index contributed by atoms with van der Waals surface area (Å²) >= 11 is 0. The zero-order valence-corrected chi connectivity index (χ0v) is 10.5. The Morgan fingerprint density at radius 3 is 2.06 bits per heavy atom. The first-order chi connectivity index (χ1) is 8.15. The van der Waals surface area contributed by atoms with Crippen LogP contribution in [0.3, 0.4) is 0 Å². The molecular weight excluding hydrogens is 220 g/mol. The van der Waals surface area contributed by atoms with Crippen molar-refractivity contribution in [2.24, 2.45) is 0 Å². The molecule has 0 atom stereocenters. The van der Waals surface area contributed by atoms with Crippen LogP contribution in [0.4, 0.5) is 0 Å². The molecule has 4 heteroatoms. The SMILES string of the molecule is COc1cc(OC)cc(OCCCC(C)=O)c1. The van der Waals surface area contributed by atoms with Gasteiger partial charge in [0.15, 0.2) is 0 Å². The quantitative estimate of drug-likeness (QED) is 0.684. The number of ether oxygens (including phenoxy) is 3. The molecule has 17 heavy (non-hydrogen) atoms. The molecule has 0 heterocycles. The highest BCUT2D eigenvalue weighted by Gasteiger charge is 2.03. The van der Waals surface area contributed by atoms with Crippen LogP contribution >= 0.6 is 0 Å². The maximum absolute atomic E-state index is 10.8. The van der Waals surface area contributed by atoms with Gasteiger partial charge in [0.05, 0.1) is 20.8 Å². The van der Waals surface area contributed by atoms with Crippen molar-refractivity contribution in [2.45, 2.75) is 19.8 Å². The topological polar surface area (TPSA) is 44.8 Å². The van der Waals surface area contributed by atoms with Gasteiger partial charge < -0.3 is 19.0 Å². The fraction of sp³-hybridized carbons (Fsp3) is 0.462. The standard InChI is InChI=1S/C13H18O4/c1-10(14)5-4-6-17-13-8-11(15-2)7-12(9-13)16-3/h7-9H,4-6H2,1-3H3. The number of rotatable bonds is 7. The number of ketones is 1. The van der Waals surface area contributed by atoms with Crippen molar-refractivity contribution in [3.05, 3.63) is 18.2 Å². The summed E-state index contributed by atoms with van der Waals surface area (Å²) in [7, 11) is 3.18. The Balaban J connectivity index is 2.54. The third-order valence-electron chi connectivity index (χ3n) is 2.27. The van der Waals surface area contributed by atoms with Crippen molar-refractivity contribution in [2.75, 3.05) is 20.8 Å². The van der Waals surface area contributed by atoms with E-state index in [1.165, 1.54) is 0 Å². The van der Waals surface area contributed by atoms with Crippen LogP contribution in [0.1, 0.15) is 19.8 Å². The Hall–Kier alpha value is -1.71. The number of carbonyl (C=O) groups excluding carboxylic acids is 1. The minimum absolute atomic E-state index is 0.178. The average molecular weight is 238 g/mol. The molecule has 0 fully saturated rings. The predicted molar refractivity (Wildman–Crippen MR) is 65.0 cm³/mol. The molecule has 0 N–H and O–H groups in total. The molecule has 0 amide bonds. The maximum atomic E-state index is 10.8. The highest BCUT2D eigenvalue weighted by molar-refractivity contribution is 5.75. The van der Waals surface area contributed by atoms with Gasteiger partial charge in [-0.2, -0.15) is 0 Å². The van der Waals surface area contributed by atoms with Crippen LogP contribution in [0.15, 0.2) is 18.2 Å². The summed E-state index contributed by atoms with van der Waals surface area (Å²) in [5, 5.41) is 0. The normalized spacial score (nSPS) is 9.82. The van der Waals surface area contributed by atoms with Gasteiger partial charge in [-0.1, -0.05) is 0 Å². The first-order valence-electron chi connectivity index (χ1n) is 5.51. The van der Waals surface area contributed by atoms with E-state index >= 15 is 0 Å². The molecule has 0 aliphatic rings. The molecule has 1 aromatic carbocycles. The van der Waals surface area contributed by atoms with Crippen molar-refractivity contribution in [3.63, 3.8) is 0 Å². The van der Waals surface area contributed by atoms with E-state index < -0.39 is 0 Å². The smallest absolute Gasteiger partial charge is 0.129 e. The van der Waals surface area contributed by atoms with E-state index in [9.17, 15) is 4.79 Å². The number of benzene rings is 1. The van der Waals surface area contributed by atoms with Gasteiger partial charge in [0.25, 0.3) is 0 Å². The van der Waals surface area contributed by atoms with Crippen molar-refractivity contribution < 1.29 is 19.0 Å². The second kappa shape index (κ2) is 6.78. The Kier molecular flexibility index (Phi) is 5.33. The monoisotopic (exact) mass is 238 g/mol. The molecule has 1 aromatic rings. The van der Waals surface area contributed by atoms with Crippen LogP contribution in [0.25, 0.3) is 0 Å². The minimum atomic E-state index is 0.178. The Bertz CT molecular complexity index is 351. The van der Waals surface area contributed by atoms with Crippen molar-refractivity contribution in [1.29, 1.82) is 0 Å². The fourth-order valence-electron chi connectivity index (χ4n) is 1.38. The summed E-state index contributed by atoms with van der Waals surface area (Å²) in [6, 6.07) is 5.36. The van der Waals surface area contributed by atoms with E-state index in [2.05, 4.69) is 0 Å². The molecule has 0 bridgehead atoms. The summed E-state index contributed by atoms with van der Waals surface area (Å²) in [5.74, 6) is 2.23. The van der Waals surface area contributed by atoms with E-state index in [1.807, 2.05) is 0 Å². The molecule has 4 nitrogen and oxygen atoms in total. The third kappa shape index (κ3) is 4.76. The van der Waals surface area contributed by atoms with Crippen LogP contribution in [-0.2, 0) is 4.79 Å². The lowest BCUT2D eigenvalue weighted by molar-refractivity contribution is -0.117. The summed E-state index contributed by atoms with van der Waals surface area (Å²) < 4.78 is 15.8. The van der Waals surface area contributed by atoms with Gasteiger partial charge >= 0.3 is 0 Å². The van der Waals surface area contributed by atoms with Crippen LogP contribution in [0.2, 0.25) is 0 Å². The predicted octanol–water partition coefficient (Wildman–Crippen LogP) is 2.45. The van der Waals surface area contributed by atoms with Gasteiger partial charge in [-0.25, -0.2) is 0 Å². The zero-order valence-electron chi connectivity index (χ0n) is 10.5.